The van der Waals surface area contributed by atoms with Crippen molar-refractivity contribution in [1.29, 1.82) is 0 Å². The molecule has 88 valence electrons. The Morgan fingerprint density at radius 3 is 2.67 bits per heavy atom. The number of hydrogen-bond donors (Lipinski definition) is 0. The Bertz CT molecular complexity index is 205. The van der Waals surface area contributed by atoms with E-state index in [-0.39, 0.29) is 24.1 Å². The maximum atomic E-state index is 11.2. The molecule has 0 bridgehead atoms. The third-order valence-corrected chi connectivity index (χ3v) is 2.37. The highest BCUT2D eigenvalue weighted by Crippen LogP contribution is 2.24. The Kier molecular flexibility index (Phi) is 5.22. The maximum Gasteiger partial charge on any atom is 0.166 e. The summed E-state index contributed by atoms with van der Waals surface area (Å²) in [5.41, 5.74) is 0. The number of Topliss-reactive ketones (excluding diaryl/α,β-unsaturated/α-hetero) is 1. The molecule has 1 fully saturated rings. The molecule has 0 aliphatic heterocycles. The van der Waals surface area contributed by atoms with E-state index < -0.39 is 0 Å². The minimum absolute atomic E-state index is 0.0195. The molecule has 0 aromatic heterocycles. The molecule has 0 N–H and O–H groups in total. The lowest BCUT2D eigenvalue weighted by molar-refractivity contribution is -0.175. The van der Waals surface area contributed by atoms with E-state index in [0.29, 0.717) is 26.2 Å². The zero-order chi connectivity index (χ0) is 11.3. The second-order valence-electron chi connectivity index (χ2n) is 3.69. The van der Waals surface area contributed by atoms with Crippen LogP contribution in [0, 0.1) is 0 Å². The van der Waals surface area contributed by atoms with Crippen molar-refractivity contribution in [3.63, 3.8) is 0 Å². The van der Waals surface area contributed by atoms with E-state index in [9.17, 15) is 4.79 Å². The first-order valence-electron chi connectivity index (χ1n) is 5.56. The molecular formula is C11H20O4. The van der Waals surface area contributed by atoms with Crippen LogP contribution in [0.1, 0.15) is 27.2 Å². The topological polar surface area (TPSA) is 44.8 Å². The van der Waals surface area contributed by atoms with Crippen LogP contribution in [0.25, 0.3) is 0 Å². The summed E-state index contributed by atoms with van der Waals surface area (Å²) in [6, 6.07) is 0. The molecule has 0 radical (unpaired) electrons. The Labute approximate surface area is 90.9 Å². The highest BCUT2D eigenvalue weighted by molar-refractivity contribution is 5.90. The van der Waals surface area contributed by atoms with Gasteiger partial charge in [0.1, 0.15) is 6.10 Å². The van der Waals surface area contributed by atoms with Crippen molar-refractivity contribution in [2.75, 3.05) is 19.8 Å². The van der Waals surface area contributed by atoms with Crippen LogP contribution in [0.5, 0.6) is 0 Å². The zero-order valence-corrected chi connectivity index (χ0v) is 9.69. The fourth-order valence-electron chi connectivity index (χ4n) is 1.59. The summed E-state index contributed by atoms with van der Waals surface area (Å²) in [6.07, 6.45) is 0.0687. The van der Waals surface area contributed by atoms with E-state index in [1.165, 1.54) is 0 Å². The third kappa shape index (κ3) is 3.55. The highest BCUT2D eigenvalue weighted by Gasteiger charge is 2.42. The third-order valence-electron chi connectivity index (χ3n) is 2.37. The van der Waals surface area contributed by atoms with Crippen LogP contribution in [-0.2, 0) is 19.0 Å². The molecule has 0 aromatic rings. The summed E-state index contributed by atoms with van der Waals surface area (Å²) in [6.45, 7) is 7.58. The van der Waals surface area contributed by atoms with Crippen LogP contribution < -0.4 is 0 Å². The van der Waals surface area contributed by atoms with Gasteiger partial charge in [-0.25, -0.2) is 0 Å². The second kappa shape index (κ2) is 6.20. The average Bonchev–Trinajstić information content (AvgIpc) is 2.22. The predicted molar refractivity (Wildman–Crippen MR) is 55.9 cm³/mol. The summed E-state index contributed by atoms with van der Waals surface area (Å²) in [5.74, 6) is 0.144. The molecule has 1 aliphatic rings. The van der Waals surface area contributed by atoms with Gasteiger partial charge < -0.3 is 14.2 Å². The number of carbonyl (C=O) groups is 1. The van der Waals surface area contributed by atoms with Crippen molar-refractivity contribution < 1.29 is 19.0 Å². The molecule has 4 nitrogen and oxygen atoms in total. The Balaban J connectivity index is 2.23. The number of rotatable bonds is 7. The molecule has 3 unspecified atom stereocenters. The van der Waals surface area contributed by atoms with Crippen molar-refractivity contribution in [1.82, 2.24) is 0 Å². The monoisotopic (exact) mass is 216 g/mol. The lowest BCUT2D eigenvalue weighted by atomic mass is 9.90. The smallest absolute Gasteiger partial charge is 0.166 e. The molecule has 15 heavy (non-hydrogen) atoms. The molecule has 1 saturated carbocycles. The minimum Gasteiger partial charge on any atom is -0.379 e. The van der Waals surface area contributed by atoms with Crippen LogP contribution >= 0.6 is 0 Å². The van der Waals surface area contributed by atoms with Crippen LogP contribution in [0.2, 0.25) is 0 Å². The first-order valence-corrected chi connectivity index (χ1v) is 5.56. The highest BCUT2D eigenvalue weighted by atomic mass is 16.6. The van der Waals surface area contributed by atoms with Gasteiger partial charge in [0.25, 0.3) is 0 Å². The van der Waals surface area contributed by atoms with E-state index in [1.807, 2.05) is 20.8 Å². The molecule has 1 aliphatic carbocycles. The van der Waals surface area contributed by atoms with E-state index >= 15 is 0 Å². The fourth-order valence-corrected chi connectivity index (χ4v) is 1.59. The van der Waals surface area contributed by atoms with Gasteiger partial charge >= 0.3 is 0 Å². The molecule has 0 amide bonds. The Morgan fingerprint density at radius 2 is 2.13 bits per heavy atom. The van der Waals surface area contributed by atoms with Gasteiger partial charge in [-0.15, -0.1) is 0 Å². The molecule has 4 heteroatoms. The quantitative estimate of drug-likeness (QED) is 0.641. The number of hydrogen-bond acceptors (Lipinski definition) is 4. The van der Waals surface area contributed by atoms with Gasteiger partial charge in [0, 0.05) is 19.6 Å². The molecule has 0 aromatic carbocycles. The van der Waals surface area contributed by atoms with E-state index in [2.05, 4.69) is 0 Å². The van der Waals surface area contributed by atoms with Gasteiger partial charge in [0.15, 0.2) is 5.78 Å². The molecule has 0 heterocycles. The molecule has 0 saturated heterocycles. The van der Waals surface area contributed by atoms with Gasteiger partial charge in [0.2, 0.25) is 0 Å². The van der Waals surface area contributed by atoms with Crippen molar-refractivity contribution in [2.24, 2.45) is 0 Å². The zero-order valence-electron chi connectivity index (χ0n) is 9.69. The largest absolute Gasteiger partial charge is 0.379 e. The van der Waals surface area contributed by atoms with Gasteiger partial charge in [-0.1, -0.05) is 0 Å². The van der Waals surface area contributed by atoms with Gasteiger partial charge in [-0.2, -0.15) is 0 Å². The normalized spacial score (nSPS) is 27.5. The molecule has 0 spiro atoms. The molecule has 3 atom stereocenters. The van der Waals surface area contributed by atoms with Gasteiger partial charge in [0.05, 0.1) is 18.8 Å². The molecule has 1 rings (SSSR count). The van der Waals surface area contributed by atoms with Crippen LogP contribution in [0.15, 0.2) is 0 Å². The van der Waals surface area contributed by atoms with Gasteiger partial charge in [-0.3, -0.25) is 4.79 Å². The SMILES string of the molecule is CCOCC(C)OC1CC(=O)C1OCC. The van der Waals surface area contributed by atoms with Crippen molar-refractivity contribution in [3.8, 4) is 0 Å². The van der Waals surface area contributed by atoms with E-state index in [0.717, 1.165) is 0 Å². The summed E-state index contributed by atoms with van der Waals surface area (Å²) < 4.78 is 16.2. The van der Waals surface area contributed by atoms with Crippen LogP contribution in [-0.4, -0.2) is 43.9 Å². The summed E-state index contributed by atoms with van der Waals surface area (Å²) in [4.78, 5) is 11.2. The van der Waals surface area contributed by atoms with E-state index in [1.54, 1.807) is 0 Å². The standard InChI is InChI=1S/C11H20O4/c1-4-13-7-8(3)15-10-6-9(12)11(10)14-5-2/h8,10-11H,4-7H2,1-3H3. The first-order chi connectivity index (χ1) is 7.19. The summed E-state index contributed by atoms with van der Waals surface area (Å²) >= 11 is 0. The van der Waals surface area contributed by atoms with Crippen molar-refractivity contribution in [3.05, 3.63) is 0 Å². The van der Waals surface area contributed by atoms with Crippen molar-refractivity contribution >= 4 is 5.78 Å². The first kappa shape index (κ1) is 12.6. The number of ether oxygens (including phenoxy) is 3. The van der Waals surface area contributed by atoms with E-state index in [4.69, 9.17) is 14.2 Å². The maximum absolute atomic E-state index is 11.2. The lowest BCUT2D eigenvalue weighted by Gasteiger charge is -2.35. The second-order valence-corrected chi connectivity index (χ2v) is 3.69. The van der Waals surface area contributed by atoms with Gasteiger partial charge in [-0.05, 0) is 20.8 Å². The lowest BCUT2D eigenvalue weighted by Crippen LogP contribution is -2.51. The predicted octanol–water partition coefficient (Wildman–Crippen LogP) is 1.17. The average molecular weight is 216 g/mol. The number of carbonyl (C=O) groups excluding carboxylic acids is 1. The van der Waals surface area contributed by atoms with Crippen LogP contribution in [0.4, 0.5) is 0 Å². The summed E-state index contributed by atoms with van der Waals surface area (Å²) in [5, 5.41) is 0. The Morgan fingerprint density at radius 1 is 1.40 bits per heavy atom. The Hall–Kier alpha value is -0.450. The number of ketones is 1. The van der Waals surface area contributed by atoms with Crippen LogP contribution in [0.3, 0.4) is 0 Å². The minimum atomic E-state index is -0.348. The fraction of sp³-hybridized carbons (Fsp3) is 0.909. The van der Waals surface area contributed by atoms with Crippen molar-refractivity contribution in [2.45, 2.75) is 45.5 Å². The summed E-state index contributed by atoms with van der Waals surface area (Å²) in [7, 11) is 0. The molecular weight excluding hydrogens is 196 g/mol.